The highest BCUT2D eigenvalue weighted by Crippen LogP contribution is 2.48. The van der Waals surface area contributed by atoms with Gasteiger partial charge in [-0.15, -0.1) is 0 Å². The number of hydrogen-bond acceptors (Lipinski definition) is 5. The fraction of sp³-hybridized carbons (Fsp3) is 0.458. The van der Waals surface area contributed by atoms with Gasteiger partial charge in [0.2, 0.25) is 0 Å². The number of phenolic OH excluding ortho intramolecular Hbond substituents is 1. The number of benzene rings is 1. The number of phenols is 1. The van der Waals surface area contributed by atoms with E-state index < -0.39 is 29.1 Å². The van der Waals surface area contributed by atoms with Crippen LogP contribution < -0.4 is 5.32 Å². The summed E-state index contributed by atoms with van der Waals surface area (Å²) in [7, 11) is 0. The van der Waals surface area contributed by atoms with Gasteiger partial charge in [-0.05, 0) is 76.3 Å². The molecule has 1 aliphatic heterocycles. The molecule has 3 heterocycles. The topological polar surface area (TPSA) is 86.7 Å². The molecule has 0 radical (unpaired) electrons. The first-order valence-corrected chi connectivity index (χ1v) is 10.9. The molecule has 1 unspecified atom stereocenters. The van der Waals surface area contributed by atoms with E-state index in [4.69, 9.17) is 0 Å². The van der Waals surface area contributed by atoms with Crippen molar-refractivity contribution < 1.29 is 18.3 Å². The molecule has 176 valence electrons. The van der Waals surface area contributed by atoms with Crippen LogP contribution in [-0.4, -0.2) is 42.8 Å². The maximum absolute atomic E-state index is 14.2. The summed E-state index contributed by atoms with van der Waals surface area (Å²) in [5, 5.41) is 28.6. The van der Waals surface area contributed by atoms with Crippen molar-refractivity contribution in [3.05, 3.63) is 48.4 Å². The lowest BCUT2D eigenvalue weighted by Gasteiger charge is -2.48. The Morgan fingerprint density at radius 1 is 1.00 bits per heavy atom. The van der Waals surface area contributed by atoms with Crippen LogP contribution in [-0.2, 0) is 0 Å². The van der Waals surface area contributed by atoms with Crippen molar-refractivity contribution in [2.24, 2.45) is 5.92 Å². The van der Waals surface area contributed by atoms with E-state index in [1.54, 1.807) is 30.6 Å². The van der Waals surface area contributed by atoms with Crippen molar-refractivity contribution in [1.29, 1.82) is 0 Å². The fourth-order valence-corrected chi connectivity index (χ4v) is 5.30. The summed E-state index contributed by atoms with van der Waals surface area (Å²) >= 11 is 0. The number of aromatic hydroxyl groups is 1. The van der Waals surface area contributed by atoms with E-state index in [0.717, 1.165) is 11.1 Å². The van der Waals surface area contributed by atoms with Gasteiger partial charge in [-0.1, -0.05) is 6.07 Å². The second kappa shape index (κ2) is 8.13. The molecule has 3 N–H and O–H groups in total. The van der Waals surface area contributed by atoms with Crippen LogP contribution in [0.4, 0.5) is 13.2 Å². The largest absolute Gasteiger partial charge is 0.507 e. The zero-order valence-corrected chi connectivity index (χ0v) is 19.0. The van der Waals surface area contributed by atoms with Crippen molar-refractivity contribution in [3.8, 4) is 28.1 Å². The zero-order valence-electron chi connectivity index (χ0n) is 19.0. The summed E-state index contributed by atoms with van der Waals surface area (Å²) in [5.74, 6) is -2.37. The van der Waals surface area contributed by atoms with Gasteiger partial charge >= 0.3 is 6.18 Å². The first kappa shape index (κ1) is 23.2. The maximum atomic E-state index is 14.2. The SMILES string of the molecule is CC1(C)CC(C(c2ccc(-c3ccc(-c4cn[nH]c4)cc3O)nn2)C(F)(F)F)CC(C)(C)N1. The van der Waals surface area contributed by atoms with E-state index in [-0.39, 0.29) is 11.4 Å². The Hall–Kier alpha value is -2.94. The first-order valence-electron chi connectivity index (χ1n) is 10.9. The molecule has 0 amide bonds. The molecule has 0 bridgehead atoms. The molecule has 1 fully saturated rings. The number of nitrogens with zero attached hydrogens (tertiary/aromatic N) is 3. The lowest BCUT2D eigenvalue weighted by molar-refractivity contribution is -0.169. The van der Waals surface area contributed by atoms with Crippen LogP contribution in [0.2, 0.25) is 0 Å². The van der Waals surface area contributed by atoms with E-state index in [1.165, 1.54) is 12.1 Å². The molecule has 6 nitrogen and oxygen atoms in total. The summed E-state index contributed by atoms with van der Waals surface area (Å²) < 4.78 is 42.7. The van der Waals surface area contributed by atoms with Gasteiger partial charge in [-0.2, -0.15) is 28.5 Å². The van der Waals surface area contributed by atoms with Crippen LogP contribution in [0.3, 0.4) is 0 Å². The normalized spacial score (nSPS) is 19.4. The monoisotopic (exact) mass is 459 g/mol. The van der Waals surface area contributed by atoms with Gasteiger partial charge in [0.05, 0.1) is 17.6 Å². The molecule has 2 aromatic heterocycles. The van der Waals surface area contributed by atoms with Crippen LogP contribution in [0.15, 0.2) is 42.7 Å². The standard InChI is InChI=1S/C24H28F3N5O/c1-22(2)10-15(11-23(3,4)32-22)21(24(25,26)27)19-8-7-18(30-31-19)17-6-5-14(9-20(17)33)16-12-28-29-13-16/h5-9,12-13,15,21,32-33H,10-11H2,1-4H3,(H,28,29). The van der Waals surface area contributed by atoms with Crippen LogP contribution in [0.5, 0.6) is 5.75 Å². The predicted octanol–water partition coefficient (Wildman–Crippen LogP) is 5.44. The Morgan fingerprint density at radius 3 is 2.21 bits per heavy atom. The van der Waals surface area contributed by atoms with Crippen LogP contribution in [0, 0.1) is 5.92 Å². The number of hydrogen-bond donors (Lipinski definition) is 3. The second-order valence-corrected chi connectivity index (χ2v) is 10.1. The molecular formula is C24H28F3N5O. The van der Waals surface area contributed by atoms with Gasteiger partial charge < -0.3 is 10.4 Å². The van der Waals surface area contributed by atoms with Crippen molar-refractivity contribution in [2.45, 2.75) is 63.7 Å². The Labute approximate surface area is 190 Å². The van der Waals surface area contributed by atoms with Crippen molar-refractivity contribution in [1.82, 2.24) is 25.7 Å². The highest BCUT2D eigenvalue weighted by Gasteiger charge is 2.51. The summed E-state index contributed by atoms with van der Waals surface area (Å²) in [6, 6.07) is 7.89. The summed E-state index contributed by atoms with van der Waals surface area (Å²) in [6.45, 7) is 7.72. The van der Waals surface area contributed by atoms with Gasteiger partial charge in [0.15, 0.2) is 0 Å². The molecule has 1 saturated heterocycles. The number of halogens is 3. The van der Waals surface area contributed by atoms with Gasteiger partial charge in [-0.3, -0.25) is 5.10 Å². The molecule has 1 atom stereocenters. The molecular weight excluding hydrogens is 431 g/mol. The maximum Gasteiger partial charge on any atom is 0.397 e. The Morgan fingerprint density at radius 2 is 1.70 bits per heavy atom. The Bertz CT molecular complexity index is 1090. The number of H-pyrrole nitrogens is 1. The van der Waals surface area contributed by atoms with Crippen molar-refractivity contribution >= 4 is 0 Å². The third-order valence-corrected chi connectivity index (χ3v) is 6.15. The quantitative estimate of drug-likeness (QED) is 0.484. The average Bonchev–Trinajstić information content (AvgIpc) is 3.20. The predicted molar refractivity (Wildman–Crippen MR) is 120 cm³/mol. The highest BCUT2D eigenvalue weighted by molar-refractivity contribution is 5.73. The Balaban J connectivity index is 1.64. The van der Waals surface area contributed by atoms with Crippen molar-refractivity contribution in [2.75, 3.05) is 0 Å². The molecule has 4 rings (SSSR count). The van der Waals surface area contributed by atoms with E-state index in [1.807, 2.05) is 27.7 Å². The van der Waals surface area contributed by atoms with Crippen molar-refractivity contribution in [3.63, 3.8) is 0 Å². The Kier molecular flexibility index (Phi) is 5.72. The molecule has 0 saturated carbocycles. The highest BCUT2D eigenvalue weighted by atomic mass is 19.4. The number of piperidine rings is 1. The molecule has 9 heteroatoms. The molecule has 0 aliphatic carbocycles. The summed E-state index contributed by atoms with van der Waals surface area (Å²) in [5.41, 5.74) is 1.31. The number of nitrogens with one attached hydrogen (secondary N) is 2. The third kappa shape index (κ3) is 5.03. The van der Waals surface area contributed by atoms with Crippen LogP contribution in [0.1, 0.15) is 52.1 Å². The molecule has 0 spiro atoms. The van der Waals surface area contributed by atoms with E-state index in [0.29, 0.717) is 24.1 Å². The van der Waals surface area contributed by atoms with Gasteiger partial charge in [0.25, 0.3) is 0 Å². The van der Waals surface area contributed by atoms with Gasteiger partial charge in [0.1, 0.15) is 11.7 Å². The van der Waals surface area contributed by atoms with Crippen LogP contribution in [0.25, 0.3) is 22.4 Å². The number of rotatable bonds is 4. The fourth-order valence-electron chi connectivity index (χ4n) is 5.30. The molecule has 33 heavy (non-hydrogen) atoms. The van der Waals surface area contributed by atoms with Gasteiger partial charge in [-0.25, -0.2) is 0 Å². The van der Waals surface area contributed by atoms with E-state index in [2.05, 4.69) is 25.7 Å². The zero-order chi connectivity index (χ0) is 24.0. The van der Waals surface area contributed by atoms with E-state index >= 15 is 0 Å². The minimum absolute atomic E-state index is 0.0371. The minimum Gasteiger partial charge on any atom is -0.507 e. The third-order valence-electron chi connectivity index (χ3n) is 6.15. The summed E-state index contributed by atoms with van der Waals surface area (Å²) in [6.07, 6.45) is -0.368. The average molecular weight is 460 g/mol. The van der Waals surface area contributed by atoms with Gasteiger partial charge in [0, 0.05) is 28.4 Å². The molecule has 1 aliphatic rings. The molecule has 1 aromatic carbocycles. The smallest absolute Gasteiger partial charge is 0.397 e. The second-order valence-electron chi connectivity index (χ2n) is 10.1. The minimum atomic E-state index is -4.45. The lowest BCUT2D eigenvalue weighted by atomic mass is 9.69. The lowest BCUT2D eigenvalue weighted by Crippen LogP contribution is -2.59. The number of aromatic nitrogens is 4. The first-order chi connectivity index (χ1) is 15.3. The number of aromatic amines is 1. The number of alkyl halides is 3. The molecule has 3 aromatic rings. The summed E-state index contributed by atoms with van der Waals surface area (Å²) in [4.78, 5) is 0. The van der Waals surface area contributed by atoms with Crippen LogP contribution >= 0.6 is 0 Å². The van der Waals surface area contributed by atoms with E-state index in [9.17, 15) is 18.3 Å².